The lowest BCUT2D eigenvalue weighted by Gasteiger charge is -2.08. The summed E-state index contributed by atoms with van der Waals surface area (Å²) in [4.78, 5) is 25.9. The maximum atomic E-state index is 11.6. The van der Waals surface area contributed by atoms with Crippen LogP contribution >= 0.6 is 15.9 Å². The van der Waals surface area contributed by atoms with Crippen LogP contribution < -0.4 is 15.6 Å². The number of rotatable bonds is 6. The van der Waals surface area contributed by atoms with E-state index in [2.05, 4.69) is 31.8 Å². The second-order valence-electron chi connectivity index (χ2n) is 4.49. The summed E-state index contributed by atoms with van der Waals surface area (Å²) in [5.41, 5.74) is 5.08. The number of amides is 2. The summed E-state index contributed by atoms with van der Waals surface area (Å²) >= 11 is 3.34. The van der Waals surface area contributed by atoms with E-state index < -0.39 is 0 Å². The van der Waals surface area contributed by atoms with Gasteiger partial charge in [-0.05, 0) is 42.8 Å². The summed E-state index contributed by atoms with van der Waals surface area (Å²) in [6, 6.07) is 10.8. The monoisotopic (exact) mass is 365 g/mol. The minimum atomic E-state index is -0.385. The van der Waals surface area contributed by atoms with Crippen molar-refractivity contribution >= 4 is 27.7 Å². The van der Waals surface area contributed by atoms with Crippen molar-refractivity contribution < 1.29 is 14.3 Å². The third-order valence-corrected chi connectivity index (χ3v) is 3.32. The van der Waals surface area contributed by atoms with Crippen molar-refractivity contribution in [1.29, 1.82) is 0 Å². The number of ether oxygens (including phenoxy) is 1. The topological polar surface area (TPSA) is 83.2 Å². The molecule has 0 unspecified atom stereocenters. The van der Waals surface area contributed by atoms with E-state index in [1.807, 2.05) is 24.3 Å². The molecule has 0 atom stereocenters. The minimum absolute atomic E-state index is 0.265. The maximum Gasteiger partial charge on any atom is 0.286 e. The Morgan fingerprint density at radius 1 is 1.14 bits per heavy atom. The van der Waals surface area contributed by atoms with Gasteiger partial charge in [-0.1, -0.05) is 15.9 Å². The van der Waals surface area contributed by atoms with Crippen LogP contribution in [0.4, 0.5) is 0 Å². The molecule has 116 valence electrons. The Kier molecular flexibility index (Phi) is 6.02. The van der Waals surface area contributed by atoms with Gasteiger partial charge in [-0.15, -0.1) is 0 Å². The summed E-state index contributed by atoms with van der Waals surface area (Å²) in [6.45, 7) is 0.430. The predicted octanol–water partition coefficient (Wildman–Crippen LogP) is 2.40. The number of hydrogen-bond acceptors (Lipinski definition) is 3. The number of benzene rings is 1. The highest BCUT2D eigenvalue weighted by Gasteiger charge is 2.07. The molecule has 1 aromatic heterocycles. The van der Waals surface area contributed by atoms with E-state index in [-0.39, 0.29) is 18.2 Å². The van der Waals surface area contributed by atoms with Crippen molar-refractivity contribution in [3.8, 4) is 5.75 Å². The first-order chi connectivity index (χ1) is 10.6. The van der Waals surface area contributed by atoms with Gasteiger partial charge in [0.25, 0.3) is 5.91 Å². The molecule has 7 heteroatoms. The zero-order valence-electron chi connectivity index (χ0n) is 11.8. The molecule has 0 aliphatic carbocycles. The van der Waals surface area contributed by atoms with Gasteiger partial charge in [0, 0.05) is 17.1 Å². The molecule has 2 amide bonds. The fourth-order valence-electron chi connectivity index (χ4n) is 1.68. The van der Waals surface area contributed by atoms with Gasteiger partial charge in [-0.3, -0.25) is 20.4 Å². The fraction of sp³-hybridized carbons (Fsp3) is 0.200. The van der Waals surface area contributed by atoms with Gasteiger partial charge >= 0.3 is 0 Å². The van der Waals surface area contributed by atoms with Crippen LogP contribution in [0, 0.1) is 0 Å². The summed E-state index contributed by atoms with van der Waals surface area (Å²) in [5, 5.41) is 0. The molecule has 3 N–H and O–H groups in total. The van der Waals surface area contributed by atoms with E-state index >= 15 is 0 Å². The Labute approximate surface area is 136 Å². The average Bonchev–Trinajstić information content (AvgIpc) is 3.05. The molecule has 0 aliphatic rings. The van der Waals surface area contributed by atoms with E-state index in [0.29, 0.717) is 18.7 Å². The van der Waals surface area contributed by atoms with Gasteiger partial charge in [-0.25, -0.2) is 0 Å². The van der Waals surface area contributed by atoms with E-state index in [9.17, 15) is 9.59 Å². The standard InChI is InChI=1S/C15H16BrN3O3/c16-11-5-7-12(8-6-11)22-10-2-4-14(20)18-19-15(21)13-3-1-9-17-13/h1,3,5-9,17H,2,4,10H2,(H,18,20)(H,19,21). The first kappa shape index (κ1) is 16.1. The number of carbonyl (C=O) groups excluding carboxylic acids is 2. The van der Waals surface area contributed by atoms with Crippen LogP contribution in [0.25, 0.3) is 0 Å². The minimum Gasteiger partial charge on any atom is -0.494 e. The number of carbonyl (C=O) groups is 2. The molecule has 1 heterocycles. The van der Waals surface area contributed by atoms with Crippen LogP contribution in [0.15, 0.2) is 47.1 Å². The summed E-state index contributed by atoms with van der Waals surface area (Å²) in [6.07, 6.45) is 2.46. The molecule has 0 spiro atoms. The highest BCUT2D eigenvalue weighted by Crippen LogP contribution is 2.16. The maximum absolute atomic E-state index is 11.6. The van der Waals surface area contributed by atoms with Crippen molar-refractivity contribution in [2.75, 3.05) is 6.61 Å². The second kappa shape index (κ2) is 8.23. The molecule has 0 saturated carbocycles. The molecule has 0 aliphatic heterocycles. The van der Waals surface area contributed by atoms with Crippen molar-refractivity contribution in [2.45, 2.75) is 12.8 Å². The number of H-pyrrole nitrogens is 1. The Morgan fingerprint density at radius 3 is 2.59 bits per heavy atom. The molecule has 2 rings (SSSR count). The van der Waals surface area contributed by atoms with E-state index in [1.165, 1.54) is 0 Å². The third kappa shape index (κ3) is 5.25. The van der Waals surface area contributed by atoms with E-state index in [0.717, 1.165) is 10.2 Å². The molecular formula is C15H16BrN3O3. The highest BCUT2D eigenvalue weighted by molar-refractivity contribution is 9.10. The lowest BCUT2D eigenvalue weighted by Crippen LogP contribution is -2.41. The molecular weight excluding hydrogens is 350 g/mol. The van der Waals surface area contributed by atoms with Gasteiger partial charge in [0.15, 0.2) is 0 Å². The number of aromatic amines is 1. The molecule has 6 nitrogen and oxygen atoms in total. The van der Waals surface area contributed by atoms with Crippen LogP contribution in [-0.2, 0) is 4.79 Å². The number of nitrogens with one attached hydrogen (secondary N) is 3. The Balaban J connectivity index is 1.59. The van der Waals surface area contributed by atoms with Crippen molar-refractivity contribution in [3.63, 3.8) is 0 Å². The predicted molar refractivity (Wildman–Crippen MR) is 85.3 cm³/mol. The average molecular weight is 366 g/mol. The Morgan fingerprint density at radius 2 is 1.91 bits per heavy atom. The molecule has 0 fully saturated rings. The summed E-state index contributed by atoms with van der Waals surface area (Å²) < 4.78 is 6.49. The molecule has 1 aromatic carbocycles. The smallest absolute Gasteiger partial charge is 0.286 e. The number of aromatic nitrogens is 1. The number of hydrogen-bond donors (Lipinski definition) is 3. The quantitative estimate of drug-likeness (QED) is 0.542. The molecule has 0 saturated heterocycles. The van der Waals surface area contributed by atoms with Crippen molar-refractivity contribution in [2.24, 2.45) is 0 Å². The van der Waals surface area contributed by atoms with Crippen LogP contribution in [0.3, 0.4) is 0 Å². The largest absolute Gasteiger partial charge is 0.494 e. The first-order valence-corrected chi connectivity index (χ1v) is 7.55. The Hall–Kier alpha value is -2.28. The molecule has 0 bridgehead atoms. The van der Waals surface area contributed by atoms with Crippen LogP contribution in [0.1, 0.15) is 23.3 Å². The highest BCUT2D eigenvalue weighted by atomic mass is 79.9. The lowest BCUT2D eigenvalue weighted by molar-refractivity contribution is -0.122. The zero-order valence-corrected chi connectivity index (χ0v) is 13.4. The molecule has 22 heavy (non-hydrogen) atoms. The number of hydrazine groups is 1. The fourth-order valence-corrected chi connectivity index (χ4v) is 1.95. The SMILES string of the molecule is O=C(CCCOc1ccc(Br)cc1)NNC(=O)c1ccc[nH]1. The van der Waals surface area contributed by atoms with Crippen molar-refractivity contribution in [1.82, 2.24) is 15.8 Å². The van der Waals surface area contributed by atoms with Gasteiger partial charge in [-0.2, -0.15) is 0 Å². The summed E-state index contributed by atoms with van der Waals surface area (Å²) in [5.74, 6) is 0.104. The lowest BCUT2D eigenvalue weighted by atomic mass is 10.3. The van der Waals surface area contributed by atoms with Gasteiger partial charge in [0.05, 0.1) is 6.61 Å². The normalized spacial score (nSPS) is 10.0. The van der Waals surface area contributed by atoms with E-state index in [1.54, 1.807) is 18.3 Å². The van der Waals surface area contributed by atoms with E-state index in [4.69, 9.17) is 4.74 Å². The van der Waals surface area contributed by atoms with Gasteiger partial charge in [0.2, 0.25) is 5.91 Å². The van der Waals surface area contributed by atoms with Crippen LogP contribution in [0.2, 0.25) is 0 Å². The first-order valence-electron chi connectivity index (χ1n) is 6.76. The zero-order chi connectivity index (χ0) is 15.8. The van der Waals surface area contributed by atoms with Gasteiger partial charge in [0.1, 0.15) is 11.4 Å². The van der Waals surface area contributed by atoms with Gasteiger partial charge < -0.3 is 9.72 Å². The molecule has 0 radical (unpaired) electrons. The van der Waals surface area contributed by atoms with Crippen molar-refractivity contribution in [3.05, 3.63) is 52.8 Å². The number of halogens is 1. The molecule has 2 aromatic rings. The third-order valence-electron chi connectivity index (χ3n) is 2.79. The second-order valence-corrected chi connectivity index (χ2v) is 5.41. The summed E-state index contributed by atoms with van der Waals surface area (Å²) in [7, 11) is 0. The Bertz CT molecular complexity index is 611. The van der Waals surface area contributed by atoms with Crippen LogP contribution in [0.5, 0.6) is 5.75 Å². The van der Waals surface area contributed by atoms with Crippen LogP contribution in [-0.4, -0.2) is 23.4 Å².